The molecule has 1 aliphatic carbocycles. The molecule has 138 valence electrons. The van der Waals surface area contributed by atoms with Crippen molar-refractivity contribution in [2.45, 2.75) is 51.5 Å². The van der Waals surface area contributed by atoms with Gasteiger partial charge in [-0.3, -0.25) is 9.59 Å². The minimum absolute atomic E-state index is 0.114. The molecule has 0 saturated carbocycles. The molecule has 0 bridgehead atoms. The number of pyridine rings is 1. The first-order chi connectivity index (χ1) is 12.6. The first-order valence-electron chi connectivity index (χ1n) is 9.26. The smallest absolute Gasteiger partial charge is 0.261 e. The highest BCUT2D eigenvalue weighted by Crippen LogP contribution is 2.20. The van der Waals surface area contributed by atoms with Crippen LogP contribution in [0.1, 0.15) is 53.4 Å². The number of H-pyrrole nitrogens is 1. The predicted molar refractivity (Wildman–Crippen MR) is 102 cm³/mol. The number of aromatic amines is 1. The van der Waals surface area contributed by atoms with Gasteiger partial charge in [0.2, 0.25) is 0 Å². The highest BCUT2D eigenvalue weighted by atomic mass is 16.5. The van der Waals surface area contributed by atoms with Crippen LogP contribution >= 0.6 is 0 Å². The Kier molecular flexibility index (Phi) is 5.76. The van der Waals surface area contributed by atoms with Crippen LogP contribution in [0.2, 0.25) is 0 Å². The molecule has 0 fully saturated rings. The molecule has 3 rings (SSSR count). The Bertz CT molecular complexity index is 841. The van der Waals surface area contributed by atoms with Gasteiger partial charge < -0.3 is 15.0 Å². The van der Waals surface area contributed by atoms with Gasteiger partial charge in [-0.1, -0.05) is 24.6 Å². The number of carbonyl (C=O) groups excluding carboxylic acids is 1. The van der Waals surface area contributed by atoms with E-state index in [1.807, 2.05) is 31.2 Å². The molecule has 0 spiro atoms. The lowest BCUT2D eigenvalue weighted by atomic mass is 10.0. The van der Waals surface area contributed by atoms with E-state index >= 15 is 0 Å². The van der Waals surface area contributed by atoms with Gasteiger partial charge in [0.15, 0.2) is 0 Å². The molecule has 1 heterocycles. The van der Waals surface area contributed by atoms with E-state index < -0.39 is 0 Å². The third kappa shape index (κ3) is 4.15. The molecule has 1 aliphatic rings. The Hall–Kier alpha value is -2.56. The number of nitrogens with one attached hydrogen (secondary N) is 2. The maximum Gasteiger partial charge on any atom is 0.261 e. The van der Waals surface area contributed by atoms with Crippen molar-refractivity contribution in [3.8, 4) is 5.75 Å². The highest BCUT2D eigenvalue weighted by molar-refractivity contribution is 5.94. The van der Waals surface area contributed by atoms with E-state index in [0.29, 0.717) is 6.42 Å². The minimum atomic E-state index is -0.319. The highest BCUT2D eigenvalue weighted by Gasteiger charge is 2.18. The summed E-state index contributed by atoms with van der Waals surface area (Å²) in [7, 11) is 1.64. The van der Waals surface area contributed by atoms with E-state index in [1.54, 1.807) is 13.2 Å². The fourth-order valence-corrected chi connectivity index (χ4v) is 3.57. The normalized spacial score (nSPS) is 14.8. The molecule has 5 heteroatoms. The maximum absolute atomic E-state index is 12.6. The standard InChI is InChI=1S/C21H26N2O3/c1-14(12-16-9-6-7-11-19(16)26-2)22-20(24)17-13-15-8-4-3-5-10-18(15)23-21(17)25/h6-7,9,11,13-14H,3-5,8,10,12H2,1-2H3,(H,22,24)(H,23,25). The fourth-order valence-electron chi connectivity index (χ4n) is 3.57. The molecule has 2 aromatic rings. The number of amides is 1. The van der Waals surface area contributed by atoms with Gasteiger partial charge in [-0.2, -0.15) is 0 Å². The van der Waals surface area contributed by atoms with Crippen molar-refractivity contribution in [3.63, 3.8) is 0 Å². The predicted octanol–water partition coefficient (Wildman–Crippen LogP) is 3.01. The van der Waals surface area contributed by atoms with Gasteiger partial charge in [-0.15, -0.1) is 0 Å². The summed E-state index contributed by atoms with van der Waals surface area (Å²) >= 11 is 0. The van der Waals surface area contributed by atoms with Crippen LogP contribution in [0.4, 0.5) is 0 Å². The van der Waals surface area contributed by atoms with Gasteiger partial charge in [0.05, 0.1) is 7.11 Å². The van der Waals surface area contributed by atoms with Gasteiger partial charge >= 0.3 is 0 Å². The van der Waals surface area contributed by atoms with E-state index in [1.165, 1.54) is 0 Å². The van der Waals surface area contributed by atoms with Crippen LogP contribution < -0.4 is 15.6 Å². The van der Waals surface area contributed by atoms with Crippen molar-refractivity contribution in [2.24, 2.45) is 0 Å². The number of hydrogen-bond acceptors (Lipinski definition) is 3. The Labute approximate surface area is 153 Å². The second-order valence-corrected chi connectivity index (χ2v) is 6.97. The second kappa shape index (κ2) is 8.21. The van der Waals surface area contributed by atoms with E-state index in [2.05, 4.69) is 10.3 Å². The van der Waals surface area contributed by atoms with Gasteiger partial charge in [-0.05, 0) is 62.3 Å². The van der Waals surface area contributed by atoms with Crippen molar-refractivity contribution >= 4 is 5.91 Å². The number of hydrogen-bond donors (Lipinski definition) is 2. The Morgan fingerprint density at radius 1 is 1.23 bits per heavy atom. The molecule has 1 aromatic carbocycles. The van der Waals surface area contributed by atoms with Crippen molar-refractivity contribution in [1.29, 1.82) is 0 Å². The van der Waals surface area contributed by atoms with Gasteiger partial charge in [0, 0.05) is 11.7 Å². The SMILES string of the molecule is COc1ccccc1CC(C)NC(=O)c1cc2c([nH]c1=O)CCCCC2. The number of ether oxygens (including phenoxy) is 1. The molecule has 1 amide bonds. The molecular weight excluding hydrogens is 328 g/mol. The van der Waals surface area contributed by atoms with Crippen LogP contribution in [0, 0.1) is 0 Å². The minimum Gasteiger partial charge on any atom is -0.496 e. The molecule has 5 nitrogen and oxygen atoms in total. The van der Waals surface area contributed by atoms with Crippen LogP contribution in [0.5, 0.6) is 5.75 Å². The molecule has 1 atom stereocenters. The largest absolute Gasteiger partial charge is 0.496 e. The summed E-state index contributed by atoms with van der Waals surface area (Å²) in [5.41, 5.74) is 3.03. The zero-order chi connectivity index (χ0) is 18.5. The molecular formula is C21H26N2O3. The lowest BCUT2D eigenvalue weighted by Crippen LogP contribution is -2.37. The number of fused-ring (bicyclic) bond motifs is 1. The van der Waals surface area contributed by atoms with Gasteiger partial charge in [-0.25, -0.2) is 0 Å². The summed E-state index contributed by atoms with van der Waals surface area (Å²) in [6.07, 6.45) is 5.79. The molecule has 0 saturated heterocycles. The number of para-hydroxylation sites is 1. The van der Waals surface area contributed by atoms with Crippen molar-refractivity contribution in [3.05, 3.63) is 63.1 Å². The molecule has 0 radical (unpaired) electrons. The number of aryl methyl sites for hydroxylation is 2. The van der Waals surface area contributed by atoms with E-state index in [9.17, 15) is 9.59 Å². The average molecular weight is 354 g/mol. The van der Waals surface area contributed by atoms with Crippen molar-refractivity contribution in [2.75, 3.05) is 7.11 Å². The Morgan fingerprint density at radius 3 is 2.81 bits per heavy atom. The number of rotatable bonds is 5. The summed E-state index contributed by atoms with van der Waals surface area (Å²) in [6.45, 7) is 1.93. The summed E-state index contributed by atoms with van der Waals surface area (Å²) in [6, 6.07) is 9.42. The van der Waals surface area contributed by atoms with Crippen molar-refractivity contribution in [1.82, 2.24) is 10.3 Å². The molecule has 0 aliphatic heterocycles. The Balaban J connectivity index is 1.73. The van der Waals surface area contributed by atoms with Crippen LogP contribution in [-0.2, 0) is 19.3 Å². The zero-order valence-electron chi connectivity index (χ0n) is 15.4. The van der Waals surface area contributed by atoms with Crippen LogP contribution in [0.25, 0.3) is 0 Å². The molecule has 1 aromatic heterocycles. The number of carbonyl (C=O) groups is 1. The van der Waals surface area contributed by atoms with E-state index in [0.717, 1.165) is 54.7 Å². The summed E-state index contributed by atoms with van der Waals surface area (Å²) in [5.74, 6) is 0.483. The lowest BCUT2D eigenvalue weighted by Gasteiger charge is -2.16. The van der Waals surface area contributed by atoms with Gasteiger partial charge in [0.25, 0.3) is 11.5 Å². The summed E-state index contributed by atoms with van der Waals surface area (Å²) < 4.78 is 5.36. The maximum atomic E-state index is 12.6. The quantitative estimate of drug-likeness (QED) is 0.811. The third-order valence-corrected chi connectivity index (χ3v) is 4.93. The number of benzene rings is 1. The number of methoxy groups -OCH3 is 1. The van der Waals surface area contributed by atoms with Gasteiger partial charge in [0.1, 0.15) is 11.3 Å². The summed E-state index contributed by atoms with van der Waals surface area (Å²) in [4.78, 5) is 27.9. The first kappa shape index (κ1) is 18.2. The number of aromatic nitrogens is 1. The van der Waals surface area contributed by atoms with Crippen LogP contribution in [0.3, 0.4) is 0 Å². The topological polar surface area (TPSA) is 71.2 Å². The molecule has 1 unspecified atom stereocenters. The Morgan fingerprint density at radius 2 is 2.00 bits per heavy atom. The van der Waals surface area contributed by atoms with E-state index in [4.69, 9.17) is 4.74 Å². The lowest BCUT2D eigenvalue weighted by molar-refractivity contribution is 0.0938. The van der Waals surface area contributed by atoms with Crippen molar-refractivity contribution < 1.29 is 9.53 Å². The average Bonchev–Trinajstić information content (AvgIpc) is 2.86. The second-order valence-electron chi connectivity index (χ2n) is 6.97. The van der Waals surface area contributed by atoms with E-state index in [-0.39, 0.29) is 23.1 Å². The van der Waals surface area contributed by atoms with Crippen LogP contribution in [-0.4, -0.2) is 24.0 Å². The third-order valence-electron chi connectivity index (χ3n) is 4.93. The fraction of sp³-hybridized carbons (Fsp3) is 0.429. The summed E-state index contributed by atoms with van der Waals surface area (Å²) in [5, 5.41) is 2.94. The first-order valence-corrected chi connectivity index (χ1v) is 9.26. The van der Waals surface area contributed by atoms with Crippen LogP contribution in [0.15, 0.2) is 35.1 Å². The molecule has 2 N–H and O–H groups in total. The zero-order valence-corrected chi connectivity index (χ0v) is 15.4. The monoisotopic (exact) mass is 354 g/mol. The molecule has 26 heavy (non-hydrogen) atoms.